The highest BCUT2D eigenvalue weighted by Gasteiger charge is 2.26. The Morgan fingerprint density at radius 2 is 2.18 bits per heavy atom. The number of aromatic nitrogens is 2. The molecule has 1 aliphatic heterocycles. The molecule has 0 saturated carbocycles. The summed E-state index contributed by atoms with van der Waals surface area (Å²) in [5.41, 5.74) is 1.23. The van der Waals surface area contributed by atoms with Crippen LogP contribution in [0.4, 0.5) is 5.82 Å². The van der Waals surface area contributed by atoms with E-state index in [-0.39, 0.29) is 5.91 Å². The Morgan fingerprint density at radius 3 is 2.95 bits per heavy atom. The Morgan fingerprint density at radius 1 is 1.32 bits per heavy atom. The van der Waals surface area contributed by atoms with Gasteiger partial charge < -0.3 is 10.1 Å². The molecule has 0 aliphatic carbocycles. The van der Waals surface area contributed by atoms with Gasteiger partial charge in [0.25, 0.3) is 5.91 Å². The monoisotopic (exact) mass is 298 g/mol. The molecule has 1 amide bonds. The summed E-state index contributed by atoms with van der Waals surface area (Å²) in [6, 6.07) is 10.2. The first-order valence-electron chi connectivity index (χ1n) is 7.26. The Kier molecular flexibility index (Phi) is 4.72. The standard InChI is InChI=1S/C16H18N4O2/c21-16(19-15-10-17-6-7-18-15)14-12-20(8-9-22-14)11-13-4-2-1-3-5-13/h1-7,10,14H,8-9,11-12H2,(H,18,19,21)/t14-/m0/s1. The topological polar surface area (TPSA) is 67.4 Å². The van der Waals surface area contributed by atoms with Crippen molar-refractivity contribution in [3.63, 3.8) is 0 Å². The molecule has 1 aromatic heterocycles. The highest BCUT2D eigenvalue weighted by atomic mass is 16.5. The highest BCUT2D eigenvalue weighted by Crippen LogP contribution is 2.12. The van der Waals surface area contributed by atoms with Gasteiger partial charge in [-0.15, -0.1) is 0 Å². The molecule has 1 aliphatic rings. The van der Waals surface area contributed by atoms with Crippen LogP contribution < -0.4 is 5.32 Å². The second-order valence-corrected chi connectivity index (χ2v) is 5.16. The van der Waals surface area contributed by atoms with Gasteiger partial charge >= 0.3 is 0 Å². The summed E-state index contributed by atoms with van der Waals surface area (Å²) < 4.78 is 5.58. The maximum atomic E-state index is 12.2. The first kappa shape index (κ1) is 14.6. The quantitative estimate of drug-likeness (QED) is 0.922. The van der Waals surface area contributed by atoms with Gasteiger partial charge in [0.2, 0.25) is 0 Å². The number of benzene rings is 1. The van der Waals surface area contributed by atoms with E-state index >= 15 is 0 Å². The molecule has 6 heteroatoms. The first-order chi connectivity index (χ1) is 10.8. The number of carbonyl (C=O) groups excluding carboxylic acids is 1. The third-order valence-electron chi connectivity index (χ3n) is 3.51. The molecule has 1 N–H and O–H groups in total. The van der Waals surface area contributed by atoms with Gasteiger partial charge in [0.1, 0.15) is 6.10 Å². The molecule has 6 nitrogen and oxygen atoms in total. The molecule has 114 valence electrons. The lowest BCUT2D eigenvalue weighted by Crippen LogP contribution is -2.47. The Labute approximate surface area is 129 Å². The number of amides is 1. The van der Waals surface area contributed by atoms with Gasteiger partial charge in [-0.05, 0) is 5.56 Å². The maximum Gasteiger partial charge on any atom is 0.256 e. The fourth-order valence-corrected chi connectivity index (χ4v) is 2.42. The number of nitrogens with one attached hydrogen (secondary N) is 1. The molecule has 1 atom stereocenters. The van der Waals surface area contributed by atoms with Crippen LogP contribution in [0.2, 0.25) is 0 Å². The fraction of sp³-hybridized carbons (Fsp3) is 0.312. The molecule has 1 saturated heterocycles. The van der Waals surface area contributed by atoms with Crippen LogP contribution in [-0.4, -0.2) is 46.6 Å². The zero-order chi connectivity index (χ0) is 15.2. The highest BCUT2D eigenvalue weighted by molar-refractivity contribution is 5.93. The largest absolute Gasteiger partial charge is 0.366 e. The van der Waals surface area contributed by atoms with Crippen LogP contribution >= 0.6 is 0 Å². The molecular formula is C16H18N4O2. The van der Waals surface area contributed by atoms with Crippen molar-refractivity contribution in [2.24, 2.45) is 0 Å². The van der Waals surface area contributed by atoms with Crippen LogP contribution in [0.25, 0.3) is 0 Å². The smallest absolute Gasteiger partial charge is 0.256 e. The SMILES string of the molecule is O=C(Nc1cnccn1)[C@@H]1CN(Cc2ccccc2)CCO1. The zero-order valence-electron chi connectivity index (χ0n) is 12.2. The minimum atomic E-state index is -0.487. The number of rotatable bonds is 4. The lowest BCUT2D eigenvalue weighted by Gasteiger charge is -2.32. The minimum absolute atomic E-state index is 0.182. The number of hydrogen-bond donors (Lipinski definition) is 1. The molecule has 3 rings (SSSR count). The summed E-state index contributed by atoms with van der Waals surface area (Å²) >= 11 is 0. The molecule has 0 bridgehead atoms. The minimum Gasteiger partial charge on any atom is -0.366 e. The van der Waals surface area contributed by atoms with Crippen LogP contribution in [0.5, 0.6) is 0 Å². The van der Waals surface area contributed by atoms with Gasteiger partial charge in [-0.1, -0.05) is 30.3 Å². The van der Waals surface area contributed by atoms with Crippen molar-refractivity contribution >= 4 is 11.7 Å². The van der Waals surface area contributed by atoms with Crippen molar-refractivity contribution in [2.45, 2.75) is 12.6 Å². The third kappa shape index (κ3) is 3.87. The molecule has 22 heavy (non-hydrogen) atoms. The molecule has 0 spiro atoms. The van der Waals surface area contributed by atoms with E-state index < -0.39 is 6.10 Å². The lowest BCUT2D eigenvalue weighted by molar-refractivity contribution is -0.133. The Bertz CT molecular complexity index is 606. The molecule has 0 radical (unpaired) electrons. The molecule has 2 aromatic rings. The number of carbonyl (C=O) groups is 1. The zero-order valence-corrected chi connectivity index (χ0v) is 12.2. The molecule has 0 unspecified atom stereocenters. The predicted octanol–water partition coefficient (Wildman–Crippen LogP) is 1.32. The van der Waals surface area contributed by atoms with Gasteiger partial charge in [-0.2, -0.15) is 0 Å². The average Bonchev–Trinajstić information content (AvgIpc) is 2.57. The number of nitrogens with zero attached hydrogens (tertiary/aromatic N) is 3. The Hall–Kier alpha value is -2.31. The van der Waals surface area contributed by atoms with Gasteiger partial charge in [-0.3, -0.25) is 14.7 Å². The fourth-order valence-electron chi connectivity index (χ4n) is 2.42. The van der Waals surface area contributed by atoms with Gasteiger partial charge in [0.15, 0.2) is 5.82 Å². The van der Waals surface area contributed by atoms with E-state index in [1.54, 1.807) is 12.4 Å². The molecule has 2 heterocycles. The predicted molar refractivity (Wildman–Crippen MR) is 82.1 cm³/mol. The van der Waals surface area contributed by atoms with E-state index in [0.29, 0.717) is 19.0 Å². The first-order valence-corrected chi connectivity index (χ1v) is 7.26. The van der Waals surface area contributed by atoms with Crippen molar-refractivity contribution in [2.75, 3.05) is 25.0 Å². The van der Waals surface area contributed by atoms with Crippen LogP contribution in [0.15, 0.2) is 48.9 Å². The van der Waals surface area contributed by atoms with Crippen LogP contribution in [0.3, 0.4) is 0 Å². The van der Waals surface area contributed by atoms with Gasteiger partial charge in [-0.25, -0.2) is 4.98 Å². The summed E-state index contributed by atoms with van der Waals surface area (Å²) in [7, 11) is 0. The number of morpholine rings is 1. The van der Waals surface area contributed by atoms with E-state index in [9.17, 15) is 4.79 Å². The average molecular weight is 298 g/mol. The molecular weight excluding hydrogens is 280 g/mol. The van der Waals surface area contributed by atoms with Crippen molar-refractivity contribution in [3.8, 4) is 0 Å². The van der Waals surface area contributed by atoms with Gasteiger partial charge in [0.05, 0.1) is 12.8 Å². The normalized spacial score (nSPS) is 18.8. The van der Waals surface area contributed by atoms with Crippen molar-refractivity contribution < 1.29 is 9.53 Å². The van der Waals surface area contributed by atoms with E-state index in [1.807, 2.05) is 18.2 Å². The number of anilines is 1. The number of hydrogen-bond acceptors (Lipinski definition) is 5. The summed E-state index contributed by atoms with van der Waals surface area (Å²) in [5, 5.41) is 2.73. The van der Waals surface area contributed by atoms with Gasteiger partial charge in [0, 0.05) is 32.0 Å². The third-order valence-corrected chi connectivity index (χ3v) is 3.51. The van der Waals surface area contributed by atoms with Crippen molar-refractivity contribution in [1.82, 2.24) is 14.9 Å². The van der Waals surface area contributed by atoms with Crippen molar-refractivity contribution in [1.29, 1.82) is 0 Å². The molecule has 1 aromatic carbocycles. The maximum absolute atomic E-state index is 12.2. The van der Waals surface area contributed by atoms with E-state index in [2.05, 4.69) is 32.3 Å². The second kappa shape index (κ2) is 7.11. The van der Waals surface area contributed by atoms with E-state index in [1.165, 1.54) is 11.8 Å². The van der Waals surface area contributed by atoms with E-state index in [0.717, 1.165) is 13.1 Å². The van der Waals surface area contributed by atoms with Crippen LogP contribution in [-0.2, 0) is 16.1 Å². The summed E-state index contributed by atoms with van der Waals surface area (Å²) in [5.74, 6) is 0.259. The van der Waals surface area contributed by atoms with Crippen LogP contribution in [0, 0.1) is 0 Å². The van der Waals surface area contributed by atoms with E-state index in [4.69, 9.17) is 4.74 Å². The summed E-state index contributed by atoms with van der Waals surface area (Å²) in [6.45, 7) is 2.76. The Balaban J connectivity index is 1.57. The number of ether oxygens (including phenoxy) is 1. The second-order valence-electron chi connectivity index (χ2n) is 5.16. The molecule has 1 fully saturated rings. The summed E-state index contributed by atoms with van der Waals surface area (Å²) in [6.07, 6.45) is 4.13. The van der Waals surface area contributed by atoms with Crippen LogP contribution in [0.1, 0.15) is 5.56 Å². The lowest BCUT2D eigenvalue weighted by atomic mass is 10.2. The van der Waals surface area contributed by atoms with Crippen molar-refractivity contribution in [3.05, 3.63) is 54.5 Å². The summed E-state index contributed by atoms with van der Waals surface area (Å²) in [4.78, 5) is 22.4.